The van der Waals surface area contributed by atoms with Gasteiger partial charge in [0.05, 0.1) is 11.3 Å². The molecule has 5 rings (SSSR count). The normalized spacial score (nSPS) is 10.9. The molecule has 0 radical (unpaired) electrons. The molecule has 0 bridgehead atoms. The maximum atomic E-state index is 12.9. The van der Waals surface area contributed by atoms with Gasteiger partial charge in [-0.05, 0) is 35.1 Å². The Kier molecular flexibility index (Phi) is 5.88. The molecule has 0 saturated carbocycles. The SMILES string of the molecule is Cc1cc(=O)[nH]c(-n2nc(-c3cccs3)cc2NC(=O)Cc2ccc(-c3ccccc3)cc2)n1. The standard InChI is InChI=1S/C26H21N5O2S/c1-17-14-24(32)29-26(27-17)31-23(16-21(30-31)22-8-5-13-34-22)28-25(33)15-18-9-11-20(12-10-18)19-6-3-2-4-7-19/h2-14,16H,15H2,1H3,(H,28,33)(H,27,29,32). The first-order valence-electron chi connectivity index (χ1n) is 10.7. The lowest BCUT2D eigenvalue weighted by molar-refractivity contribution is -0.115. The van der Waals surface area contributed by atoms with E-state index >= 15 is 0 Å². The molecule has 1 amide bonds. The minimum atomic E-state index is -0.286. The highest BCUT2D eigenvalue weighted by atomic mass is 32.1. The molecular formula is C26H21N5O2S. The van der Waals surface area contributed by atoms with E-state index in [9.17, 15) is 9.59 Å². The van der Waals surface area contributed by atoms with Crippen LogP contribution in [0.5, 0.6) is 0 Å². The van der Waals surface area contributed by atoms with E-state index in [0.717, 1.165) is 21.6 Å². The summed E-state index contributed by atoms with van der Waals surface area (Å²) in [7, 11) is 0. The minimum Gasteiger partial charge on any atom is -0.310 e. The highest BCUT2D eigenvalue weighted by Crippen LogP contribution is 2.27. The number of nitrogens with zero attached hydrogens (tertiary/aromatic N) is 3. The Morgan fingerprint density at radius 3 is 2.47 bits per heavy atom. The third-order valence-electron chi connectivity index (χ3n) is 5.23. The lowest BCUT2D eigenvalue weighted by atomic mass is 10.0. The number of amides is 1. The van der Waals surface area contributed by atoms with Crippen molar-refractivity contribution >= 4 is 23.1 Å². The molecule has 5 aromatic rings. The lowest BCUT2D eigenvalue weighted by Crippen LogP contribution is -2.20. The topological polar surface area (TPSA) is 92.7 Å². The number of hydrogen-bond donors (Lipinski definition) is 2. The maximum absolute atomic E-state index is 12.9. The van der Waals surface area contributed by atoms with Crippen molar-refractivity contribution in [3.05, 3.63) is 106 Å². The number of hydrogen-bond acceptors (Lipinski definition) is 5. The van der Waals surface area contributed by atoms with Crippen LogP contribution < -0.4 is 10.9 Å². The Morgan fingerprint density at radius 1 is 1.00 bits per heavy atom. The minimum absolute atomic E-state index is 0.193. The molecule has 34 heavy (non-hydrogen) atoms. The molecule has 0 aliphatic rings. The van der Waals surface area contributed by atoms with Crippen molar-refractivity contribution in [1.82, 2.24) is 19.7 Å². The molecule has 8 heteroatoms. The highest BCUT2D eigenvalue weighted by Gasteiger charge is 2.16. The van der Waals surface area contributed by atoms with Gasteiger partial charge in [0.25, 0.3) is 5.56 Å². The molecule has 168 valence electrons. The number of anilines is 1. The van der Waals surface area contributed by atoms with Crippen molar-refractivity contribution in [3.8, 4) is 27.6 Å². The smallest absolute Gasteiger partial charge is 0.252 e. The number of rotatable bonds is 6. The zero-order valence-corrected chi connectivity index (χ0v) is 19.2. The fraction of sp³-hybridized carbons (Fsp3) is 0.0769. The van der Waals surface area contributed by atoms with Gasteiger partial charge in [0.1, 0.15) is 11.5 Å². The Labute approximate surface area is 199 Å². The summed E-state index contributed by atoms with van der Waals surface area (Å²) in [4.78, 5) is 32.9. The molecule has 2 aromatic carbocycles. The third-order valence-corrected chi connectivity index (χ3v) is 6.13. The molecular weight excluding hydrogens is 446 g/mol. The molecule has 0 aliphatic heterocycles. The van der Waals surface area contributed by atoms with Crippen LogP contribution in [0.4, 0.5) is 5.82 Å². The van der Waals surface area contributed by atoms with Crippen LogP contribution in [0.3, 0.4) is 0 Å². The number of carbonyl (C=O) groups excluding carboxylic acids is 1. The number of aromatic amines is 1. The van der Waals surface area contributed by atoms with Gasteiger partial charge in [0.2, 0.25) is 11.9 Å². The Bertz CT molecular complexity index is 1490. The molecule has 0 unspecified atom stereocenters. The van der Waals surface area contributed by atoms with E-state index in [2.05, 4.69) is 32.5 Å². The summed E-state index contributed by atoms with van der Waals surface area (Å²) in [5.74, 6) is 0.486. The number of benzene rings is 2. The second-order valence-corrected chi connectivity index (χ2v) is 8.75. The van der Waals surface area contributed by atoms with Crippen LogP contribution in [0.1, 0.15) is 11.3 Å². The summed E-state index contributed by atoms with van der Waals surface area (Å²) in [6.45, 7) is 1.74. The Morgan fingerprint density at radius 2 is 1.76 bits per heavy atom. The van der Waals surface area contributed by atoms with E-state index in [1.54, 1.807) is 13.0 Å². The van der Waals surface area contributed by atoms with E-state index in [4.69, 9.17) is 0 Å². The first kappa shape index (κ1) is 21.5. The van der Waals surface area contributed by atoms with Gasteiger partial charge in [-0.15, -0.1) is 11.3 Å². The predicted octanol–water partition coefficient (Wildman–Crippen LogP) is 4.84. The molecule has 7 nitrogen and oxygen atoms in total. The third kappa shape index (κ3) is 4.72. The van der Waals surface area contributed by atoms with Gasteiger partial charge in [-0.2, -0.15) is 9.78 Å². The van der Waals surface area contributed by atoms with Crippen LogP contribution in [0.25, 0.3) is 27.6 Å². The number of thiophene rings is 1. The van der Waals surface area contributed by atoms with E-state index in [-0.39, 0.29) is 23.8 Å². The van der Waals surface area contributed by atoms with Crippen molar-refractivity contribution in [3.63, 3.8) is 0 Å². The van der Waals surface area contributed by atoms with Gasteiger partial charge < -0.3 is 5.32 Å². The average molecular weight is 468 g/mol. The van der Waals surface area contributed by atoms with Crippen molar-refractivity contribution in [2.24, 2.45) is 0 Å². The summed E-state index contributed by atoms with van der Waals surface area (Å²) >= 11 is 1.54. The van der Waals surface area contributed by atoms with Crippen LogP contribution in [-0.2, 0) is 11.2 Å². The second-order valence-electron chi connectivity index (χ2n) is 7.80. The Hall–Kier alpha value is -4.30. The summed E-state index contributed by atoms with van der Waals surface area (Å²) in [6.07, 6.45) is 0.201. The zero-order valence-electron chi connectivity index (χ0n) is 18.4. The highest BCUT2D eigenvalue weighted by molar-refractivity contribution is 7.13. The lowest BCUT2D eigenvalue weighted by Gasteiger charge is -2.09. The van der Waals surface area contributed by atoms with Gasteiger partial charge in [0, 0.05) is 17.8 Å². The van der Waals surface area contributed by atoms with Crippen LogP contribution in [-0.4, -0.2) is 25.7 Å². The largest absolute Gasteiger partial charge is 0.310 e. The fourth-order valence-electron chi connectivity index (χ4n) is 3.66. The molecule has 0 saturated heterocycles. The van der Waals surface area contributed by atoms with Crippen molar-refractivity contribution in [1.29, 1.82) is 0 Å². The summed E-state index contributed by atoms with van der Waals surface area (Å²) in [5.41, 5.74) is 4.07. The van der Waals surface area contributed by atoms with Gasteiger partial charge in [-0.1, -0.05) is 60.7 Å². The van der Waals surface area contributed by atoms with E-state index < -0.39 is 0 Å². The monoisotopic (exact) mass is 467 g/mol. The number of nitrogens with one attached hydrogen (secondary N) is 2. The van der Waals surface area contributed by atoms with E-state index in [1.165, 1.54) is 22.1 Å². The second kappa shape index (κ2) is 9.29. The number of aryl methyl sites for hydroxylation is 1. The molecule has 0 atom stereocenters. The zero-order chi connectivity index (χ0) is 23.5. The number of aromatic nitrogens is 4. The van der Waals surface area contributed by atoms with Crippen LogP contribution in [0.15, 0.2) is 89.0 Å². The van der Waals surface area contributed by atoms with E-state index in [0.29, 0.717) is 17.2 Å². The first-order chi connectivity index (χ1) is 16.5. The van der Waals surface area contributed by atoms with Crippen molar-refractivity contribution < 1.29 is 4.79 Å². The van der Waals surface area contributed by atoms with Gasteiger partial charge in [0.15, 0.2) is 0 Å². The van der Waals surface area contributed by atoms with Crippen molar-refractivity contribution in [2.75, 3.05) is 5.32 Å². The molecule has 0 spiro atoms. The first-order valence-corrected chi connectivity index (χ1v) is 11.6. The van der Waals surface area contributed by atoms with Crippen LogP contribution in [0, 0.1) is 6.92 Å². The number of carbonyl (C=O) groups is 1. The summed E-state index contributed by atoms with van der Waals surface area (Å²) < 4.78 is 1.46. The molecule has 3 heterocycles. The quantitative estimate of drug-likeness (QED) is 0.374. The Balaban J connectivity index is 1.40. The van der Waals surface area contributed by atoms with Crippen LogP contribution in [0.2, 0.25) is 0 Å². The number of H-pyrrole nitrogens is 1. The van der Waals surface area contributed by atoms with Gasteiger partial charge in [-0.25, -0.2) is 4.98 Å². The summed E-state index contributed by atoms with van der Waals surface area (Å²) in [6, 6.07) is 25.1. The molecule has 2 N–H and O–H groups in total. The molecule has 0 aliphatic carbocycles. The molecule has 0 fully saturated rings. The summed E-state index contributed by atoms with van der Waals surface area (Å²) in [5, 5.41) is 9.48. The average Bonchev–Trinajstić information content (AvgIpc) is 3.50. The van der Waals surface area contributed by atoms with Crippen molar-refractivity contribution in [2.45, 2.75) is 13.3 Å². The van der Waals surface area contributed by atoms with Gasteiger partial charge >= 0.3 is 0 Å². The van der Waals surface area contributed by atoms with Gasteiger partial charge in [-0.3, -0.25) is 14.6 Å². The van der Waals surface area contributed by atoms with Crippen LogP contribution >= 0.6 is 11.3 Å². The maximum Gasteiger partial charge on any atom is 0.252 e. The fourth-order valence-corrected chi connectivity index (χ4v) is 4.34. The van der Waals surface area contributed by atoms with E-state index in [1.807, 2.05) is 60.0 Å². The predicted molar refractivity (Wildman–Crippen MR) is 134 cm³/mol. The molecule has 3 aromatic heterocycles.